The van der Waals surface area contributed by atoms with E-state index in [-0.39, 0.29) is 23.3 Å². The molecule has 0 saturated carbocycles. The zero-order chi connectivity index (χ0) is 20.0. The molecule has 6 nitrogen and oxygen atoms in total. The van der Waals surface area contributed by atoms with Crippen molar-refractivity contribution in [2.45, 2.75) is 33.0 Å². The monoisotopic (exact) mass is 370 g/mol. The highest BCUT2D eigenvalue weighted by molar-refractivity contribution is 5.91. The molecule has 2 aromatic rings. The smallest absolute Gasteiger partial charge is 0.412 e. The molecule has 0 bridgehead atoms. The minimum Gasteiger partial charge on any atom is -0.457 e. The Balaban J connectivity index is 1.96. The molecule has 2 aromatic carbocycles. The number of ether oxygens (including phenoxy) is 2. The molecule has 0 unspecified atom stereocenters. The summed E-state index contributed by atoms with van der Waals surface area (Å²) in [6, 6.07) is 11.7. The van der Waals surface area contributed by atoms with E-state index in [4.69, 9.17) is 14.7 Å². The largest absolute Gasteiger partial charge is 0.457 e. The number of anilines is 1. The van der Waals surface area contributed by atoms with E-state index in [1.54, 1.807) is 20.8 Å². The highest BCUT2D eigenvalue weighted by Gasteiger charge is 2.16. The summed E-state index contributed by atoms with van der Waals surface area (Å²) >= 11 is 0. The van der Waals surface area contributed by atoms with Gasteiger partial charge in [0.1, 0.15) is 18.0 Å². The second kappa shape index (κ2) is 8.32. The Kier molecular flexibility index (Phi) is 6.14. The molecule has 0 aromatic heterocycles. The molecule has 0 fully saturated rings. The summed E-state index contributed by atoms with van der Waals surface area (Å²) in [5.74, 6) is -1.21. The van der Waals surface area contributed by atoms with E-state index < -0.39 is 23.5 Å². The Labute approximate surface area is 156 Å². The van der Waals surface area contributed by atoms with Gasteiger partial charge in [-0.05, 0) is 63.2 Å². The molecule has 0 atom stereocenters. The highest BCUT2D eigenvalue weighted by atomic mass is 19.1. The van der Waals surface area contributed by atoms with E-state index in [0.717, 1.165) is 6.07 Å². The van der Waals surface area contributed by atoms with Gasteiger partial charge in [-0.15, -0.1) is 0 Å². The minimum atomic E-state index is -0.652. The molecule has 7 heteroatoms. The molecule has 27 heavy (non-hydrogen) atoms. The summed E-state index contributed by atoms with van der Waals surface area (Å²) in [6.07, 6.45) is -0.606. The van der Waals surface area contributed by atoms with Gasteiger partial charge in [0.2, 0.25) is 0 Å². The summed E-state index contributed by atoms with van der Waals surface area (Å²) in [4.78, 5) is 23.8. The fourth-order valence-corrected chi connectivity index (χ4v) is 2.09. The standard InChI is InChI=1S/C20H19FN2O4/c1-20(2,3)27-19(25)23-16-7-5-14(6-8-16)18(24)26-12-15-10-13(11-22)4-9-17(15)21/h4-10H,12H2,1-3H3,(H,23,25). The van der Waals surface area contributed by atoms with Crippen molar-refractivity contribution in [3.05, 3.63) is 65.0 Å². The van der Waals surface area contributed by atoms with Crippen LogP contribution in [0, 0.1) is 17.1 Å². The fourth-order valence-electron chi connectivity index (χ4n) is 2.09. The van der Waals surface area contributed by atoms with Gasteiger partial charge in [0.25, 0.3) is 0 Å². The Hall–Kier alpha value is -3.40. The number of hydrogen-bond donors (Lipinski definition) is 1. The first-order valence-corrected chi connectivity index (χ1v) is 8.13. The molecule has 1 N–H and O–H groups in total. The highest BCUT2D eigenvalue weighted by Crippen LogP contribution is 2.15. The van der Waals surface area contributed by atoms with E-state index in [1.165, 1.54) is 36.4 Å². The lowest BCUT2D eigenvalue weighted by atomic mass is 10.1. The van der Waals surface area contributed by atoms with Crippen molar-refractivity contribution >= 4 is 17.7 Å². The number of halogens is 1. The topological polar surface area (TPSA) is 88.4 Å². The molecule has 0 saturated heterocycles. The van der Waals surface area contributed by atoms with Gasteiger partial charge in [-0.3, -0.25) is 5.32 Å². The maximum Gasteiger partial charge on any atom is 0.412 e. The van der Waals surface area contributed by atoms with Crippen LogP contribution < -0.4 is 5.32 Å². The average Bonchev–Trinajstić information content (AvgIpc) is 2.59. The van der Waals surface area contributed by atoms with Gasteiger partial charge >= 0.3 is 12.1 Å². The molecule has 0 spiro atoms. The summed E-state index contributed by atoms with van der Waals surface area (Å²) in [5.41, 5.74) is 0.465. The van der Waals surface area contributed by atoms with Crippen LogP contribution >= 0.6 is 0 Å². The molecule has 0 aliphatic rings. The second-order valence-electron chi connectivity index (χ2n) is 6.70. The number of esters is 1. The van der Waals surface area contributed by atoms with E-state index in [1.807, 2.05) is 6.07 Å². The molecular weight excluding hydrogens is 351 g/mol. The Morgan fingerprint density at radius 3 is 2.41 bits per heavy atom. The minimum absolute atomic E-state index is 0.116. The third-order valence-electron chi connectivity index (χ3n) is 3.30. The van der Waals surface area contributed by atoms with Gasteiger partial charge in [-0.2, -0.15) is 5.26 Å². The maximum atomic E-state index is 13.7. The van der Waals surface area contributed by atoms with Gasteiger partial charge in [0.05, 0.1) is 17.2 Å². The van der Waals surface area contributed by atoms with Gasteiger partial charge in [-0.25, -0.2) is 14.0 Å². The van der Waals surface area contributed by atoms with Crippen LogP contribution in [0.4, 0.5) is 14.9 Å². The molecule has 1 amide bonds. The number of benzene rings is 2. The number of nitrogens with zero attached hydrogens (tertiary/aromatic N) is 1. The third-order valence-corrected chi connectivity index (χ3v) is 3.30. The van der Waals surface area contributed by atoms with Crippen molar-refractivity contribution in [3.63, 3.8) is 0 Å². The number of nitrogens with one attached hydrogen (secondary N) is 1. The third kappa shape index (κ3) is 6.12. The van der Waals surface area contributed by atoms with Crippen LogP contribution in [-0.2, 0) is 16.1 Å². The molecular formula is C20H19FN2O4. The molecule has 0 aliphatic heterocycles. The molecule has 0 heterocycles. The number of carbonyl (C=O) groups is 2. The summed E-state index contributed by atoms with van der Waals surface area (Å²) in [6.45, 7) is 4.96. The van der Waals surface area contributed by atoms with Crippen molar-refractivity contribution < 1.29 is 23.5 Å². The van der Waals surface area contributed by atoms with Crippen molar-refractivity contribution in [3.8, 4) is 6.07 Å². The van der Waals surface area contributed by atoms with Crippen molar-refractivity contribution in [2.24, 2.45) is 0 Å². The normalized spacial score (nSPS) is 10.6. The maximum absolute atomic E-state index is 13.7. The first-order valence-electron chi connectivity index (χ1n) is 8.13. The van der Waals surface area contributed by atoms with Crippen LogP contribution in [0.5, 0.6) is 0 Å². The zero-order valence-corrected chi connectivity index (χ0v) is 15.2. The lowest BCUT2D eigenvalue weighted by Gasteiger charge is -2.19. The number of carbonyl (C=O) groups excluding carboxylic acids is 2. The van der Waals surface area contributed by atoms with E-state index >= 15 is 0 Å². The Bertz CT molecular complexity index is 880. The van der Waals surface area contributed by atoms with E-state index in [0.29, 0.717) is 5.69 Å². The predicted octanol–water partition coefficient (Wildman–Crippen LogP) is 4.40. The molecule has 0 aliphatic carbocycles. The number of rotatable bonds is 4. The number of hydrogen-bond acceptors (Lipinski definition) is 5. The molecule has 0 radical (unpaired) electrons. The molecule has 2 rings (SSSR count). The SMILES string of the molecule is CC(C)(C)OC(=O)Nc1ccc(C(=O)OCc2cc(C#N)ccc2F)cc1. The molecule has 140 valence electrons. The van der Waals surface area contributed by atoms with Crippen molar-refractivity contribution in [1.82, 2.24) is 0 Å². The predicted molar refractivity (Wildman–Crippen MR) is 96.5 cm³/mol. The fraction of sp³-hybridized carbons (Fsp3) is 0.250. The van der Waals surface area contributed by atoms with Crippen LogP contribution in [0.25, 0.3) is 0 Å². The number of amides is 1. The Morgan fingerprint density at radius 1 is 1.15 bits per heavy atom. The van der Waals surface area contributed by atoms with Crippen LogP contribution in [0.15, 0.2) is 42.5 Å². The Morgan fingerprint density at radius 2 is 1.81 bits per heavy atom. The van der Waals surface area contributed by atoms with Crippen LogP contribution in [0.1, 0.15) is 42.3 Å². The second-order valence-corrected chi connectivity index (χ2v) is 6.70. The van der Waals surface area contributed by atoms with Crippen molar-refractivity contribution in [2.75, 3.05) is 5.32 Å². The first kappa shape index (κ1) is 19.9. The van der Waals surface area contributed by atoms with Crippen LogP contribution in [0.2, 0.25) is 0 Å². The average molecular weight is 370 g/mol. The van der Waals surface area contributed by atoms with Gasteiger partial charge in [-0.1, -0.05) is 0 Å². The van der Waals surface area contributed by atoms with Crippen LogP contribution in [-0.4, -0.2) is 17.7 Å². The number of nitriles is 1. The lowest BCUT2D eigenvalue weighted by Crippen LogP contribution is -2.27. The van der Waals surface area contributed by atoms with Gasteiger partial charge < -0.3 is 9.47 Å². The summed E-state index contributed by atoms with van der Waals surface area (Å²) < 4.78 is 23.9. The van der Waals surface area contributed by atoms with Gasteiger partial charge in [0.15, 0.2) is 0 Å². The quantitative estimate of drug-likeness (QED) is 0.806. The van der Waals surface area contributed by atoms with E-state index in [9.17, 15) is 14.0 Å². The van der Waals surface area contributed by atoms with E-state index in [2.05, 4.69) is 5.32 Å². The zero-order valence-electron chi connectivity index (χ0n) is 15.2. The van der Waals surface area contributed by atoms with Crippen molar-refractivity contribution in [1.29, 1.82) is 5.26 Å². The lowest BCUT2D eigenvalue weighted by molar-refractivity contribution is 0.0468. The summed E-state index contributed by atoms with van der Waals surface area (Å²) in [5, 5.41) is 11.4. The summed E-state index contributed by atoms with van der Waals surface area (Å²) in [7, 11) is 0. The van der Waals surface area contributed by atoms with Crippen LogP contribution in [0.3, 0.4) is 0 Å². The first-order chi connectivity index (χ1) is 12.7. The van der Waals surface area contributed by atoms with Gasteiger partial charge in [0, 0.05) is 11.3 Å².